The van der Waals surface area contributed by atoms with E-state index >= 15 is 0 Å². The SMILES string of the molecule is CCOc1ccc2nc(N3C(=O)C(=O)/C(=C(/O)c4ccc5c(c4)OCCO5)[C@@H]3c3ccc(OCc4ccccc4)c(OC)c3)sc2c1. The van der Waals surface area contributed by atoms with Crippen molar-refractivity contribution < 1.29 is 38.4 Å². The highest BCUT2D eigenvalue weighted by Gasteiger charge is 2.48. The van der Waals surface area contributed by atoms with Crippen LogP contribution in [-0.4, -0.2) is 48.7 Å². The molecule has 1 N–H and O–H groups in total. The first-order valence-electron chi connectivity index (χ1n) is 15.0. The highest BCUT2D eigenvalue weighted by Crippen LogP contribution is 2.47. The number of carbonyl (C=O) groups is 2. The van der Waals surface area contributed by atoms with Crippen molar-refractivity contribution in [1.29, 1.82) is 0 Å². The lowest BCUT2D eigenvalue weighted by Gasteiger charge is -2.24. The van der Waals surface area contributed by atoms with Crippen LogP contribution >= 0.6 is 11.3 Å². The van der Waals surface area contributed by atoms with Crippen molar-refractivity contribution in [3.05, 3.63) is 107 Å². The van der Waals surface area contributed by atoms with Crippen LogP contribution in [0.25, 0.3) is 16.0 Å². The zero-order chi connectivity index (χ0) is 32.5. The number of nitrogens with zero attached hydrogens (tertiary/aromatic N) is 2. The number of hydrogen-bond acceptors (Lipinski definition) is 10. The second-order valence-corrected chi connectivity index (χ2v) is 11.8. The topological polar surface area (TPSA) is 117 Å². The monoisotopic (exact) mass is 650 g/mol. The van der Waals surface area contributed by atoms with Gasteiger partial charge in [-0.3, -0.25) is 14.5 Å². The van der Waals surface area contributed by atoms with Crippen molar-refractivity contribution in [1.82, 2.24) is 4.98 Å². The van der Waals surface area contributed by atoms with Gasteiger partial charge in [0.25, 0.3) is 5.78 Å². The molecule has 10 nitrogen and oxygen atoms in total. The van der Waals surface area contributed by atoms with E-state index in [9.17, 15) is 14.7 Å². The number of rotatable bonds is 9. The van der Waals surface area contributed by atoms with E-state index < -0.39 is 17.7 Å². The summed E-state index contributed by atoms with van der Waals surface area (Å²) in [4.78, 5) is 33.8. The molecule has 0 unspecified atom stereocenters. The lowest BCUT2D eigenvalue weighted by Crippen LogP contribution is -2.29. The first-order valence-corrected chi connectivity index (χ1v) is 15.9. The molecule has 5 aromatic rings. The number of Topliss-reactive ketones (excluding diaryl/α,β-unsaturated/α-hetero) is 1. The van der Waals surface area contributed by atoms with Gasteiger partial charge < -0.3 is 28.8 Å². The first-order chi connectivity index (χ1) is 22.9. The quantitative estimate of drug-likeness (QED) is 0.106. The van der Waals surface area contributed by atoms with Crippen molar-refractivity contribution in [3.63, 3.8) is 0 Å². The molecular formula is C36H30N2O8S. The lowest BCUT2D eigenvalue weighted by molar-refractivity contribution is -0.132. The van der Waals surface area contributed by atoms with Crippen molar-refractivity contribution in [2.75, 3.05) is 31.8 Å². The van der Waals surface area contributed by atoms with Gasteiger partial charge in [0.1, 0.15) is 31.3 Å². The summed E-state index contributed by atoms with van der Waals surface area (Å²) in [7, 11) is 1.52. The van der Waals surface area contributed by atoms with Crippen LogP contribution in [0.3, 0.4) is 0 Å². The number of aliphatic hydroxyl groups is 1. The maximum absolute atomic E-state index is 13.9. The van der Waals surface area contributed by atoms with Crippen molar-refractivity contribution >= 4 is 44.1 Å². The molecule has 0 bridgehead atoms. The number of ether oxygens (including phenoxy) is 5. The fourth-order valence-corrected chi connectivity index (χ4v) is 6.67. The van der Waals surface area contributed by atoms with Crippen LogP contribution in [0.5, 0.6) is 28.7 Å². The van der Waals surface area contributed by atoms with Gasteiger partial charge in [0.05, 0.1) is 35.5 Å². The van der Waals surface area contributed by atoms with Gasteiger partial charge in [0.15, 0.2) is 28.1 Å². The Labute approximate surface area is 274 Å². The molecule has 1 aromatic heterocycles. The highest BCUT2D eigenvalue weighted by molar-refractivity contribution is 7.22. The molecule has 1 amide bonds. The summed E-state index contributed by atoms with van der Waals surface area (Å²) in [5.41, 5.74) is 2.35. The van der Waals surface area contributed by atoms with Crippen molar-refractivity contribution in [2.45, 2.75) is 19.6 Å². The molecule has 0 spiro atoms. The van der Waals surface area contributed by atoms with Crippen LogP contribution < -0.4 is 28.6 Å². The van der Waals surface area contributed by atoms with Gasteiger partial charge in [-0.1, -0.05) is 47.7 Å². The summed E-state index contributed by atoms with van der Waals surface area (Å²) >= 11 is 1.25. The molecule has 0 aliphatic carbocycles. The first kappa shape index (κ1) is 30.1. The third-order valence-corrected chi connectivity index (χ3v) is 8.88. The van der Waals surface area contributed by atoms with E-state index in [4.69, 9.17) is 28.7 Å². The Bertz CT molecular complexity index is 2020. The zero-order valence-electron chi connectivity index (χ0n) is 25.6. The van der Waals surface area contributed by atoms with Gasteiger partial charge >= 0.3 is 5.91 Å². The lowest BCUT2D eigenvalue weighted by atomic mass is 9.95. The molecule has 1 atom stereocenters. The smallest absolute Gasteiger partial charge is 0.301 e. The summed E-state index contributed by atoms with van der Waals surface area (Å²) in [5, 5.41) is 12.0. The predicted octanol–water partition coefficient (Wildman–Crippen LogP) is 6.68. The molecule has 2 aliphatic rings. The number of thiazole rings is 1. The summed E-state index contributed by atoms with van der Waals surface area (Å²) in [5.74, 6) is 0.493. The number of aliphatic hydroxyl groups excluding tert-OH is 1. The number of aromatic nitrogens is 1. The average Bonchev–Trinajstić information content (AvgIpc) is 3.64. The van der Waals surface area contributed by atoms with Crippen LogP contribution in [-0.2, 0) is 16.2 Å². The van der Waals surface area contributed by atoms with Gasteiger partial charge in [-0.2, -0.15) is 0 Å². The Kier molecular flexibility index (Phi) is 8.13. The molecule has 4 aromatic carbocycles. The number of amides is 1. The number of fused-ring (bicyclic) bond motifs is 2. The maximum atomic E-state index is 13.9. The molecule has 47 heavy (non-hydrogen) atoms. The summed E-state index contributed by atoms with van der Waals surface area (Å²) in [6.07, 6.45) is 0. The standard InChI is InChI=1S/C36H30N2O8S/c1-3-43-24-11-12-25-30(19-24)47-36(37-25)38-32(22-9-13-26(28(17-22)42-2)46-20-21-7-5-4-6-8-21)31(34(40)35(38)41)33(39)23-10-14-27-29(18-23)45-16-15-44-27/h4-14,17-19,32,39H,3,15-16,20H2,1-2H3/b33-31+/t32-/m0/s1. The Balaban J connectivity index is 1.34. The number of hydrogen-bond donors (Lipinski definition) is 1. The molecule has 1 fully saturated rings. The van der Waals surface area contributed by atoms with Crippen LogP contribution in [0.15, 0.2) is 90.5 Å². The van der Waals surface area contributed by atoms with E-state index in [2.05, 4.69) is 0 Å². The molecule has 1 saturated heterocycles. The normalized spacial score (nSPS) is 16.8. The van der Waals surface area contributed by atoms with E-state index in [0.717, 1.165) is 10.3 Å². The van der Waals surface area contributed by atoms with Crippen LogP contribution in [0.4, 0.5) is 5.13 Å². The van der Waals surface area contributed by atoms with E-state index in [0.29, 0.717) is 77.0 Å². The number of ketones is 1. The van der Waals surface area contributed by atoms with E-state index in [-0.39, 0.29) is 11.3 Å². The third-order valence-electron chi connectivity index (χ3n) is 7.87. The van der Waals surface area contributed by atoms with Gasteiger partial charge in [-0.15, -0.1) is 0 Å². The summed E-state index contributed by atoms with van der Waals surface area (Å²) < 4.78 is 29.6. The Morgan fingerprint density at radius 2 is 1.74 bits per heavy atom. The predicted molar refractivity (Wildman–Crippen MR) is 177 cm³/mol. The van der Waals surface area contributed by atoms with Gasteiger partial charge in [-0.25, -0.2) is 4.98 Å². The van der Waals surface area contributed by atoms with Crippen molar-refractivity contribution in [2.24, 2.45) is 0 Å². The van der Waals surface area contributed by atoms with E-state index in [1.54, 1.807) is 36.4 Å². The van der Waals surface area contributed by atoms with E-state index in [1.165, 1.54) is 23.3 Å². The number of carbonyl (C=O) groups excluding carboxylic acids is 2. The molecule has 3 heterocycles. The zero-order valence-corrected chi connectivity index (χ0v) is 26.4. The molecule has 238 valence electrons. The molecule has 7 rings (SSSR count). The average molecular weight is 651 g/mol. The summed E-state index contributed by atoms with van der Waals surface area (Å²) in [6, 6.07) is 24.2. The van der Waals surface area contributed by atoms with Crippen molar-refractivity contribution in [3.8, 4) is 28.7 Å². The molecule has 0 saturated carbocycles. The Morgan fingerprint density at radius 1 is 0.936 bits per heavy atom. The van der Waals surface area contributed by atoms with Gasteiger partial charge in [-0.05, 0) is 66.6 Å². The molecule has 0 radical (unpaired) electrons. The second kappa shape index (κ2) is 12.7. The maximum Gasteiger partial charge on any atom is 0.301 e. The van der Waals surface area contributed by atoms with Crippen LogP contribution in [0.1, 0.15) is 29.7 Å². The van der Waals surface area contributed by atoms with Gasteiger partial charge in [0.2, 0.25) is 0 Å². The number of methoxy groups -OCH3 is 1. The highest BCUT2D eigenvalue weighted by atomic mass is 32.1. The Hall–Kier alpha value is -5.55. The fraction of sp³-hybridized carbons (Fsp3) is 0.194. The van der Waals surface area contributed by atoms with Crippen LogP contribution in [0.2, 0.25) is 0 Å². The van der Waals surface area contributed by atoms with Crippen LogP contribution in [0, 0.1) is 0 Å². The fourth-order valence-electron chi connectivity index (χ4n) is 5.65. The minimum Gasteiger partial charge on any atom is -0.507 e. The number of benzene rings is 4. The summed E-state index contributed by atoms with van der Waals surface area (Å²) in [6.45, 7) is 3.47. The largest absolute Gasteiger partial charge is 0.507 e. The van der Waals surface area contributed by atoms with E-state index in [1.807, 2.05) is 55.5 Å². The number of anilines is 1. The minimum absolute atomic E-state index is 0.0963. The second-order valence-electron chi connectivity index (χ2n) is 10.8. The Morgan fingerprint density at radius 3 is 2.53 bits per heavy atom. The third kappa shape index (κ3) is 5.70. The van der Waals surface area contributed by atoms with Gasteiger partial charge in [0, 0.05) is 5.56 Å². The molecular weight excluding hydrogens is 620 g/mol. The molecule has 2 aliphatic heterocycles. The molecule has 11 heteroatoms. The minimum atomic E-state index is -1.04.